The van der Waals surface area contributed by atoms with Crippen LogP contribution in [0.15, 0.2) is 36.7 Å². The van der Waals surface area contributed by atoms with E-state index in [0.717, 1.165) is 36.5 Å². The quantitative estimate of drug-likeness (QED) is 0.826. The summed E-state index contributed by atoms with van der Waals surface area (Å²) in [5, 5.41) is 4.16. The number of piperazine rings is 1. The largest absolute Gasteiger partial charge is 0.495 e. The molecule has 0 N–H and O–H groups in total. The molecule has 2 aromatic rings. The van der Waals surface area contributed by atoms with E-state index in [1.165, 1.54) is 0 Å². The van der Waals surface area contributed by atoms with Gasteiger partial charge in [0, 0.05) is 39.3 Å². The van der Waals surface area contributed by atoms with Crippen LogP contribution in [-0.4, -0.2) is 52.9 Å². The highest BCUT2D eigenvalue weighted by Crippen LogP contribution is 2.34. The molecule has 0 unspecified atom stereocenters. The first-order chi connectivity index (χ1) is 12.4. The maximum absolute atomic E-state index is 12.7. The van der Waals surface area contributed by atoms with Gasteiger partial charge in [0.15, 0.2) is 0 Å². The molecule has 1 amide bonds. The van der Waals surface area contributed by atoms with Gasteiger partial charge in [0.05, 0.1) is 24.5 Å². The zero-order valence-electron chi connectivity index (χ0n) is 16.1. The number of carbonyl (C=O) groups excluding carboxylic acids is 1. The number of ether oxygens (including phenoxy) is 1. The molecule has 0 spiro atoms. The van der Waals surface area contributed by atoms with E-state index in [-0.39, 0.29) is 11.4 Å². The van der Waals surface area contributed by atoms with Crippen LogP contribution in [0.5, 0.6) is 5.75 Å². The van der Waals surface area contributed by atoms with Gasteiger partial charge in [-0.15, -0.1) is 0 Å². The summed E-state index contributed by atoms with van der Waals surface area (Å²) in [5.41, 5.74) is 2.03. The van der Waals surface area contributed by atoms with Gasteiger partial charge in [-0.2, -0.15) is 5.10 Å². The maximum Gasteiger partial charge on any atom is 0.223 e. The van der Waals surface area contributed by atoms with Crippen LogP contribution in [0.25, 0.3) is 0 Å². The van der Waals surface area contributed by atoms with E-state index in [4.69, 9.17) is 4.74 Å². The minimum Gasteiger partial charge on any atom is -0.495 e. The van der Waals surface area contributed by atoms with Crippen molar-refractivity contribution in [2.24, 2.45) is 7.05 Å². The number of hydrogen-bond donors (Lipinski definition) is 0. The third-order valence-corrected chi connectivity index (χ3v) is 5.02. The van der Waals surface area contributed by atoms with Gasteiger partial charge in [-0.3, -0.25) is 9.48 Å². The van der Waals surface area contributed by atoms with Gasteiger partial charge < -0.3 is 14.5 Å². The number of aryl methyl sites for hydroxylation is 2. The Morgan fingerprint density at radius 2 is 2.04 bits per heavy atom. The molecule has 0 atom stereocenters. The van der Waals surface area contributed by atoms with Crippen molar-refractivity contribution in [2.75, 3.05) is 31.6 Å². The van der Waals surface area contributed by atoms with E-state index < -0.39 is 0 Å². The van der Waals surface area contributed by atoms with Crippen molar-refractivity contribution in [2.45, 2.75) is 32.2 Å². The highest BCUT2D eigenvalue weighted by Gasteiger charge is 2.36. The maximum atomic E-state index is 12.7. The van der Waals surface area contributed by atoms with Crippen LogP contribution in [0, 0.1) is 0 Å². The van der Waals surface area contributed by atoms with Gasteiger partial charge in [-0.25, -0.2) is 0 Å². The molecule has 1 aliphatic rings. The second kappa shape index (κ2) is 7.40. The van der Waals surface area contributed by atoms with Crippen molar-refractivity contribution < 1.29 is 9.53 Å². The second-order valence-corrected chi connectivity index (χ2v) is 7.47. The molecule has 2 heterocycles. The van der Waals surface area contributed by atoms with Gasteiger partial charge in [0.2, 0.25) is 5.91 Å². The Balaban J connectivity index is 1.65. The van der Waals surface area contributed by atoms with Gasteiger partial charge in [0.25, 0.3) is 0 Å². The molecule has 1 aliphatic heterocycles. The van der Waals surface area contributed by atoms with E-state index in [0.29, 0.717) is 13.0 Å². The van der Waals surface area contributed by atoms with E-state index in [2.05, 4.69) is 29.9 Å². The lowest BCUT2D eigenvalue weighted by molar-refractivity contribution is -0.132. The number of amides is 1. The van der Waals surface area contributed by atoms with Crippen molar-refractivity contribution in [3.8, 4) is 5.75 Å². The molecule has 3 rings (SSSR count). The number of aromatic nitrogens is 2. The van der Waals surface area contributed by atoms with Gasteiger partial charge >= 0.3 is 0 Å². The zero-order valence-corrected chi connectivity index (χ0v) is 16.1. The number of anilines is 1. The Hall–Kier alpha value is -2.50. The molecule has 1 aromatic carbocycles. The SMILES string of the molecule is COc1ccccc1N1CCN(C(=O)CCc2cnn(C)c2)CC1(C)C. The van der Waals surface area contributed by atoms with Gasteiger partial charge in [-0.1, -0.05) is 12.1 Å². The number of hydrogen-bond acceptors (Lipinski definition) is 4. The number of rotatable bonds is 5. The molecule has 1 saturated heterocycles. The number of para-hydroxylation sites is 2. The average molecular weight is 356 g/mol. The van der Waals surface area contributed by atoms with E-state index in [9.17, 15) is 4.79 Å². The first kappa shape index (κ1) is 18.3. The highest BCUT2D eigenvalue weighted by atomic mass is 16.5. The molecule has 0 radical (unpaired) electrons. The lowest BCUT2D eigenvalue weighted by Gasteiger charge is -2.48. The fourth-order valence-electron chi connectivity index (χ4n) is 3.68. The normalized spacial score (nSPS) is 16.6. The predicted octanol–water partition coefficient (Wildman–Crippen LogP) is 2.49. The highest BCUT2D eigenvalue weighted by molar-refractivity contribution is 5.77. The van der Waals surface area contributed by atoms with Crippen LogP contribution < -0.4 is 9.64 Å². The van der Waals surface area contributed by atoms with Crippen LogP contribution in [0.3, 0.4) is 0 Å². The molecule has 6 heteroatoms. The molecular formula is C20H28N4O2. The monoisotopic (exact) mass is 356 g/mol. The molecule has 6 nitrogen and oxygen atoms in total. The standard InChI is InChI=1S/C20H28N4O2/c1-20(2)15-23(19(25)10-9-16-13-21-22(3)14-16)11-12-24(20)17-7-5-6-8-18(17)26-4/h5-8,13-14H,9-12,15H2,1-4H3. The van der Waals surface area contributed by atoms with E-state index >= 15 is 0 Å². The second-order valence-electron chi connectivity index (χ2n) is 7.47. The van der Waals surface area contributed by atoms with Crippen molar-refractivity contribution in [3.63, 3.8) is 0 Å². The lowest BCUT2D eigenvalue weighted by Crippen LogP contribution is -2.60. The van der Waals surface area contributed by atoms with Gasteiger partial charge in [0.1, 0.15) is 5.75 Å². The molecular weight excluding hydrogens is 328 g/mol. The number of methoxy groups -OCH3 is 1. The zero-order chi connectivity index (χ0) is 18.7. The Bertz CT molecular complexity index is 769. The lowest BCUT2D eigenvalue weighted by atomic mass is 9.97. The summed E-state index contributed by atoms with van der Waals surface area (Å²) in [5.74, 6) is 1.08. The summed E-state index contributed by atoms with van der Waals surface area (Å²) >= 11 is 0. The summed E-state index contributed by atoms with van der Waals surface area (Å²) in [6.45, 7) is 6.59. The van der Waals surface area contributed by atoms with Crippen molar-refractivity contribution in [3.05, 3.63) is 42.2 Å². The minimum atomic E-state index is -0.156. The van der Waals surface area contributed by atoms with E-state index in [1.54, 1.807) is 11.8 Å². The summed E-state index contributed by atoms with van der Waals surface area (Å²) in [7, 11) is 3.59. The Labute approximate surface area is 155 Å². The number of nitrogens with zero attached hydrogens (tertiary/aromatic N) is 4. The van der Waals surface area contributed by atoms with Crippen molar-refractivity contribution in [1.29, 1.82) is 0 Å². The smallest absolute Gasteiger partial charge is 0.223 e. The number of carbonyl (C=O) groups is 1. The van der Waals surface area contributed by atoms with Crippen LogP contribution in [-0.2, 0) is 18.3 Å². The fourth-order valence-corrected chi connectivity index (χ4v) is 3.68. The van der Waals surface area contributed by atoms with Crippen molar-refractivity contribution >= 4 is 11.6 Å². The van der Waals surface area contributed by atoms with Crippen LogP contribution >= 0.6 is 0 Å². The molecule has 0 saturated carbocycles. The third kappa shape index (κ3) is 3.84. The van der Waals surface area contributed by atoms with Crippen molar-refractivity contribution in [1.82, 2.24) is 14.7 Å². The molecule has 26 heavy (non-hydrogen) atoms. The van der Waals surface area contributed by atoms with Crippen LogP contribution in [0.2, 0.25) is 0 Å². The fraction of sp³-hybridized carbons (Fsp3) is 0.500. The predicted molar refractivity (Wildman–Crippen MR) is 103 cm³/mol. The molecule has 0 bridgehead atoms. The third-order valence-electron chi connectivity index (χ3n) is 5.02. The summed E-state index contributed by atoms with van der Waals surface area (Å²) in [6, 6.07) is 8.07. The van der Waals surface area contributed by atoms with E-state index in [1.807, 2.05) is 42.5 Å². The van der Waals surface area contributed by atoms with Crippen LogP contribution in [0.1, 0.15) is 25.8 Å². The topological polar surface area (TPSA) is 50.6 Å². The summed E-state index contributed by atoms with van der Waals surface area (Å²) in [4.78, 5) is 17.0. The Kier molecular flexibility index (Phi) is 5.20. The Morgan fingerprint density at radius 3 is 2.69 bits per heavy atom. The summed E-state index contributed by atoms with van der Waals surface area (Å²) < 4.78 is 7.30. The average Bonchev–Trinajstić information content (AvgIpc) is 3.04. The summed E-state index contributed by atoms with van der Waals surface area (Å²) in [6.07, 6.45) is 5.06. The Morgan fingerprint density at radius 1 is 1.27 bits per heavy atom. The molecule has 0 aliphatic carbocycles. The molecule has 140 valence electrons. The molecule has 1 aromatic heterocycles. The first-order valence-electron chi connectivity index (χ1n) is 9.06. The first-order valence-corrected chi connectivity index (χ1v) is 9.06. The van der Waals surface area contributed by atoms with Gasteiger partial charge in [-0.05, 0) is 38.0 Å². The molecule has 1 fully saturated rings. The van der Waals surface area contributed by atoms with Crippen LogP contribution in [0.4, 0.5) is 5.69 Å². The number of benzene rings is 1. The minimum absolute atomic E-state index is 0.156.